The lowest BCUT2D eigenvalue weighted by Crippen LogP contribution is -2.25. The summed E-state index contributed by atoms with van der Waals surface area (Å²) < 4.78 is 0. The molecule has 0 saturated carbocycles. The highest BCUT2D eigenvalue weighted by Gasteiger charge is 2.13. The van der Waals surface area contributed by atoms with E-state index in [9.17, 15) is 9.59 Å². The lowest BCUT2D eigenvalue weighted by molar-refractivity contribution is 0.0952. The number of carbonyl (C=O) groups is 2. The molecule has 25 heavy (non-hydrogen) atoms. The third kappa shape index (κ3) is 5.48. The summed E-state index contributed by atoms with van der Waals surface area (Å²) >= 11 is 12.1. The fraction of sp³-hybridized carbons (Fsp3) is 0.263. The number of amides is 2. The Morgan fingerprint density at radius 3 is 2.12 bits per heavy atom. The Morgan fingerprint density at radius 2 is 1.52 bits per heavy atom. The molecule has 0 fully saturated rings. The SMILES string of the molecule is CC(C)CCNC(=O)c1cccc(C(=O)Nc2c(Cl)cccc2Cl)c1. The minimum atomic E-state index is -0.383. The predicted octanol–water partition coefficient (Wildman–Crippen LogP) is 5.02. The monoisotopic (exact) mass is 378 g/mol. The molecule has 0 aliphatic carbocycles. The van der Waals surface area contributed by atoms with Crippen molar-refractivity contribution < 1.29 is 9.59 Å². The van der Waals surface area contributed by atoms with Crippen molar-refractivity contribution in [2.45, 2.75) is 20.3 Å². The van der Waals surface area contributed by atoms with Crippen molar-refractivity contribution in [1.82, 2.24) is 5.32 Å². The smallest absolute Gasteiger partial charge is 0.255 e. The number of rotatable bonds is 6. The maximum absolute atomic E-state index is 12.4. The molecule has 2 rings (SSSR count). The minimum Gasteiger partial charge on any atom is -0.352 e. The van der Waals surface area contributed by atoms with Gasteiger partial charge in [-0.2, -0.15) is 0 Å². The zero-order valence-corrected chi connectivity index (χ0v) is 15.6. The van der Waals surface area contributed by atoms with Crippen LogP contribution in [-0.2, 0) is 0 Å². The number of hydrogen-bond donors (Lipinski definition) is 2. The quantitative estimate of drug-likeness (QED) is 0.740. The van der Waals surface area contributed by atoms with Crippen molar-refractivity contribution in [2.24, 2.45) is 5.92 Å². The van der Waals surface area contributed by atoms with E-state index in [1.54, 1.807) is 42.5 Å². The number of carbonyl (C=O) groups excluding carboxylic acids is 2. The number of nitrogens with one attached hydrogen (secondary N) is 2. The highest BCUT2D eigenvalue weighted by molar-refractivity contribution is 6.40. The molecule has 0 bridgehead atoms. The lowest BCUT2D eigenvalue weighted by atomic mass is 10.1. The molecule has 0 saturated heterocycles. The molecule has 4 nitrogen and oxygen atoms in total. The van der Waals surface area contributed by atoms with E-state index in [1.165, 1.54) is 0 Å². The van der Waals surface area contributed by atoms with Crippen LogP contribution in [0, 0.1) is 5.92 Å². The fourth-order valence-corrected chi connectivity index (χ4v) is 2.67. The van der Waals surface area contributed by atoms with Gasteiger partial charge >= 0.3 is 0 Å². The van der Waals surface area contributed by atoms with Crippen LogP contribution in [0.4, 0.5) is 5.69 Å². The number of halogens is 2. The summed E-state index contributed by atoms with van der Waals surface area (Å²) in [6.07, 6.45) is 0.900. The Morgan fingerprint density at radius 1 is 0.960 bits per heavy atom. The predicted molar refractivity (Wildman–Crippen MR) is 103 cm³/mol. The van der Waals surface area contributed by atoms with Gasteiger partial charge in [0.15, 0.2) is 0 Å². The summed E-state index contributed by atoms with van der Waals surface area (Å²) in [6, 6.07) is 11.5. The number of hydrogen-bond acceptors (Lipinski definition) is 2. The molecule has 0 aliphatic rings. The van der Waals surface area contributed by atoms with Crippen molar-refractivity contribution in [1.29, 1.82) is 0 Å². The summed E-state index contributed by atoms with van der Waals surface area (Å²) in [4.78, 5) is 24.6. The molecule has 132 valence electrons. The second kappa shape index (κ2) is 8.88. The van der Waals surface area contributed by atoms with Gasteiger partial charge in [-0.25, -0.2) is 0 Å². The number of benzene rings is 2. The Hall–Kier alpha value is -2.04. The average molecular weight is 379 g/mol. The summed E-state index contributed by atoms with van der Waals surface area (Å²) in [5.41, 5.74) is 1.14. The number of anilines is 1. The minimum absolute atomic E-state index is 0.203. The van der Waals surface area contributed by atoms with Crippen LogP contribution in [0.2, 0.25) is 10.0 Å². The van der Waals surface area contributed by atoms with Crippen molar-refractivity contribution in [3.63, 3.8) is 0 Å². The van der Waals surface area contributed by atoms with Gasteiger partial charge in [0, 0.05) is 17.7 Å². The van der Waals surface area contributed by atoms with Crippen LogP contribution in [0.25, 0.3) is 0 Å². The summed E-state index contributed by atoms with van der Waals surface area (Å²) in [5, 5.41) is 6.24. The average Bonchev–Trinajstić information content (AvgIpc) is 2.58. The normalized spacial score (nSPS) is 10.6. The van der Waals surface area contributed by atoms with Gasteiger partial charge in [-0.05, 0) is 42.7 Å². The molecular formula is C19H20Cl2N2O2. The molecule has 0 radical (unpaired) electrons. The van der Waals surface area contributed by atoms with Crippen LogP contribution in [0.15, 0.2) is 42.5 Å². The van der Waals surface area contributed by atoms with Crippen LogP contribution in [0.3, 0.4) is 0 Å². The van der Waals surface area contributed by atoms with E-state index in [0.29, 0.717) is 39.3 Å². The molecular weight excluding hydrogens is 359 g/mol. The summed E-state index contributed by atoms with van der Waals surface area (Å²) in [7, 11) is 0. The zero-order valence-electron chi connectivity index (χ0n) is 14.1. The largest absolute Gasteiger partial charge is 0.352 e. The fourth-order valence-electron chi connectivity index (χ4n) is 2.18. The maximum Gasteiger partial charge on any atom is 0.255 e. The van der Waals surface area contributed by atoms with Crippen molar-refractivity contribution in [2.75, 3.05) is 11.9 Å². The zero-order chi connectivity index (χ0) is 18.4. The molecule has 2 aromatic carbocycles. The van der Waals surface area contributed by atoms with Crippen molar-refractivity contribution >= 4 is 40.7 Å². The Bertz CT molecular complexity index is 756. The molecule has 2 aromatic rings. The molecule has 0 atom stereocenters. The third-order valence-corrected chi connectivity index (χ3v) is 4.23. The van der Waals surface area contributed by atoms with Gasteiger partial charge in [-0.3, -0.25) is 9.59 Å². The van der Waals surface area contributed by atoms with E-state index >= 15 is 0 Å². The lowest BCUT2D eigenvalue weighted by Gasteiger charge is -2.10. The van der Waals surface area contributed by atoms with Crippen LogP contribution in [0.1, 0.15) is 41.0 Å². The van der Waals surface area contributed by atoms with Gasteiger partial charge in [-0.15, -0.1) is 0 Å². The van der Waals surface area contributed by atoms with Gasteiger partial charge in [0.1, 0.15) is 0 Å². The first-order chi connectivity index (χ1) is 11.9. The van der Waals surface area contributed by atoms with Gasteiger partial charge in [0.05, 0.1) is 15.7 Å². The Labute approximate surface area is 157 Å². The highest BCUT2D eigenvalue weighted by atomic mass is 35.5. The first-order valence-electron chi connectivity index (χ1n) is 8.02. The van der Waals surface area contributed by atoms with E-state index in [4.69, 9.17) is 23.2 Å². The second-order valence-electron chi connectivity index (χ2n) is 6.07. The molecule has 0 heterocycles. The van der Waals surface area contributed by atoms with Gasteiger partial charge < -0.3 is 10.6 Å². The summed E-state index contributed by atoms with van der Waals surface area (Å²) in [6.45, 7) is 4.79. The third-order valence-electron chi connectivity index (χ3n) is 3.60. The van der Waals surface area contributed by atoms with E-state index in [0.717, 1.165) is 6.42 Å². The van der Waals surface area contributed by atoms with E-state index < -0.39 is 0 Å². The first-order valence-corrected chi connectivity index (χ1v) is 8.77. The van der Waals surface area contributed by atoms with Crippen LogP contribution in [-0.4, -0.2) is 18.4 Å². The standard InChI is InChI=1S/C19H20Cl2N2O2/c1-12(2)9-10-22-18(24)13-5-3-6-14(11-13)19(25)23-17-15(20)7-4-8-16(17)21/h3-8,11-12H,9-10H2,1-2H3,(H,22,24)(H,23,25). The molecule has 2 amide bonds. The Kier molecular flexibility index (Phi) is 6.85. The molecule has 0 aliphatic heterocycles. The molecule has 0 aromatic heterocycles. The van der Waals surface area contributed by atoms with Gasteiger partial charge in [-0.1, -0.05) is 49.2 Å². The molecule has 2 N–H and O–H groups in total. The van der Waals surface area contributed by atoms with E-state index in [1.807, 2.05) is 0 Å². The maximum atomic E-state index is 12.4. The molecule has 0 spiro atoms. The topological polar surface area (TPSA) is 58.2 Å². The first kappa shape index (κ1) is 19.3. The van der Waals surface area contributed by atoms with Gasteiger partial charge in [0.25, 0.3) is 11.8 Å². The molecule has 6 heteroatoms. The van der Waals surface area contributed by atoms with Crippen molar-refractivity contribution in [3.05, 3.63) is 63.6 Å². The molecule has 0 unspecified atom stereocenters. The second-order valence-corrected chi connectivity index (χ2v) is 6.88. The van der Waals surface area contributed by atoms with Crippen LogP contribution >= 0.6 is 23.2 Å². The summed E-state index contributed by atoms with van der Waals surface area (Å²) in [5.74, 6) is -0.0734. The van der Waals surface area contributed by atoms with Crippen LogP contribution in [0.5, 0.6) is 0 Å². The van der Waals surface area contributed by atoms with Gasteiger partial charge in [0.2, 0.25) is 0 Å². The van der Waals surface area contributed by atoms with Crippen molar-refractivity contribution in [3.8, 4) is 0 Å². The van der Waals surface area contributed by atoms with Crippen LogP contribution < -0.4 is 10.6 Å². The van der Waals surface area contributed by atoms with E-state index in [2.05, 4.69) is 24.5 Å². The Balaban J connectivity index is 2.10. The number of para-hydroxylation sites is 1. The highest BCUT2D eigenvalue weighted by Crippen LogP contribution is 2.30. The van der Waals surface area contributed by atoms with E-state index in [-0.39, 0.29) is 11.8 Å².